The van der Waals surface area contributed by atoms with Gasteiger partial charge in [0.25, 0.3) is 0 Å². The van der Waals surface area contributed by atoms with Crippen molar-refractivity contribution in [3.8, 4) is 17.2 Å². The fraction of sp³-hybridized carbons (Fsp3) is 0.485. The fourth-order valence-electron chi connectivity index (χ4n) is 6.02. The largest absolute Gasteiger partial charge is 0.493 e. The van der Waals surface area contributed by atoms with Crippen molar-refractivity contribution in [2.45, 2.75) is 82.3 Å². The van der Waals surface area contributed by atoms with Crippen molar-refractivity contribution >= 4 is 18.0 Å². The van der Waals surface area contributed by atoms with Crippen LogP contribution in [0, 0.1) is 0 Å². The standard InChI is InChI=1S/C33H40N2O8/c1-32(2,3)43-31(38)34-24(12-14-27(36)40-22-9-7-6-8-10-22)30(37)41-23-15-16-33-17-18-35(4)20-21-11-13-25(39-5)29(28(21)33)42-26(33)19-23/h6-11,13,15-16,23-24,26H,12,14,17-20H2,1-5H3,(H,34,38)/t23-,24-,26-,33-/m1/s1. The number of methoxy groups -OCH3 is 1. The smallest absolute Gasteiger partial charge is 0.408 e. The highest BCUT2D eigenvalue weighted by molar-refractivity contribution is 5.82. The van der Waals surface area contributed by atoms with Crippen molar-refractivity contribution in [2.24, 2.45) is 0 Å². The third kappa shape index (κ3) is 6.80. The van der Waals surface area contributed by atoms with Gasteiger partial charge in [0.2, 0.25) is 0 Å². The van der Waals surface area contributed by atoms with E-state index < -0.39 is 35.8 Å². The summed E-state index contributed by atoms with van der Waals surface area (Å²) in [6.45, 7) is 6.87. The molecular formula is C33H40N2O8. The number of nitrogens with zero attached hydrogens (tertiary/aromatic N) is 1. The van der Waals surface area contributed by atoms with Crippen LogP contribution < -0.4 is 19.5 Å². The monoisotopic (exact) mass is 592 g/mol. The van der Waals surface area contributed by atoms with Crippen LogP contribution in [-0.2, 0) is 31.0 Å². The van der Waals surface area contributed by atoms with E-state index in [2.05, 4.69) is 29.4 Å². The molecule has 0 unspecified atom stereocenters. The number of benzene rings is 2. The first-order chi connectivity index (χ1) is 20.5. The van der Waals surface area contributed by atoms with Crippen LogP contribution in [0.25, 0.3) is 0 Å². The van der Waals surface area contributed by atoms with E-state index in [4.69, 9.17) is 23.7 Å². The van der Waals surface area contributed by atoms with Crippen LogP contribution in [0.15, 0.2) is 54.6 Å². The van der Waals surface area contributed by atoms with E-state index in [1.165, 1.54) is 5.56 Å². The lowest BCUT2D eigenvalue weighted by Crippen LogP contribution is -2.47. The van der Waals surface area contributed by atoms with Crippen LogP contribution >= 0.6 is 0 Å². The van der Waals surface area contributed by atoms with Gasteiger partial charge in [-0.15, -0.1) is 0 Å². The number of amides is 1. The number of alkyl carbamates (subject to hydrolysis) is 1. The first-order valence-electron chi connectivity index (χ1n) is 14.7. The van der Waals surface area contributed by atoms with Crippen LogP contribution in [0.1, 0.15) is 57.6 Å². The maximum atomic E-state index is 13.5. The molecule has 2 aliphatic heterocycles. The van der Waals surface area contributed by atoms with Gasteiger partial charge in [-0.05, 0) is 77.0 Å². The zero-order valence-electron chi connectivity index (χ0n) is 25.4. The predicted octanol–water partition coefficient (Wildman–Crippen LogP) is 4.68. The minimum atomic E-state index is -1.12. The predicted molar refractivity (Wildman–Crippen MR) is 158 cm³/mol. The molecule has 0 fully saturated rings. The average Bonchev–Trinajstić information content (AvgIpc) is 3.21. The van der Waals surface area contributed by atoms with Gasteiger partial charge in [0.1, 0.15) is 29.6 Å². The summed E-state index contributed by atoms with van der Waals surface area (Å²) in [5.41, 5.74) is 1.21. The maximum absolute atomic E-state index is 13.5. The summed E-state index contributed by atoms with van der Waals surface area (Å²) in [4.78, 5) is 40.9. The first-order valence-corrected chi connectivity index (χ1v) is 14.7. The lowest BCUT2D eigenvalue weighted by Gasteiger charge is -2.37. The third-order valence-electron chi connectivity index (χ3n) is 7.99. The molecule has 0 saturated carbocycles. The molecule has 0 saturated heterocycles. The van der Waals surface area contributed by atoms with Gasteiger partial charge in [0.15, 0.2) is 11.5 Å². The molecule has 1 amide bonds. The molecule has 4 atom stereocenters. The normalized spacial score (nSPS) is 23.1. The molecule has 10 heteroatoms. The van der Waals surface area contributed by atoms with E-state index in [1.807, 2.05) is 18.2 Å². The molecule has 1 aliphatic carbocycles. The number of hydrogen-bond acceptors (Lipinski definition) is 9. The molecule has 0 bridgehead atoms. The molecule has 10 nitrogen and oxygen atoms in total. The summed E-state index contributed by atoms with van der Waals surface area (Å²) in [5, 5.41) is 2.59. The molecule has 3 aliphatic rings. The van der Waals surface area contributed by atoms with Gasteiger partial charge in [0.05, 0.1) is 12.5 Å². The SMILES string of the molecule is COc1ccc2c3c1O[C@@H]1C[C@H](OC(=O)[C@@H](CCC(=O)Oc4ccccc4)NC(=O)OC(C)(C)C)C=C[C@]31CCN(C)C2. The summed E-state index contributed by atoms with van der Waals surface area (Å²) in [6, 6.07) is 11.6. The Morgan fingerprint density at radius 3 is 2.63 bits per heavy atom. The number of para-hydroxylation sites is 1. The van der Waals surface area contributed by atoms with E-state index in [9.17, 15) is 14.4 Å². The molecule has 230 valence electrons. The van der Waals surface area contributed by atoms with Crippen molar-refractivity contribution in [1.29, 1.82) is 0 Å². The Morgan fingerprint density at radius 1 is 1.14 bits per heavy atom. The zero-order valence-corrected chi connectivity index (χ0v) is 25.4. The van der Waals surface area contributed by atoms with E-state index in [1.54, 1.807) is 52.1 Å². The number of rotatable bonds is 8. The molecule has 2 aromatic carbocycles. The number of esters is 2. The topological polar surface area (TPSA) is 113 Å². The van der Waals surface area contributed by atoms with Gasteiger partial charge in [-0.3, -0.25) is 4.79 Å². The molecule has 43 heavy (non-hydrogen) atoms. The minimum absolute atomic E-state index is 0.0254. The summed E-state index contributed by atoms with van der Waals surface area (Å²) in [7, 11) is 3.74. The number of nitrogens with one attached hydrogen (secondary N) is 1. The van der Waals surface area contributed by atoms with E-state index in [0.29, 0.717) is 17.9 Å². The van der Waals surface area contributed by atoms with Crippen LogP contribution in [-0.4, -0.2) is 67.5 Å². The lowest BCUT2D eigenvalue weighted by molar-refractivity contribution is -0.151. The van der Waals surface area contributed by atoms with Gasteiger partial charge >= 0.3 is 18.0 Å². The number of hydrogen-bond donors (Lipinski definition) is 1. The molecule has 0 radical (unpaired) electrons. The molecule has 1 N–H and O–H groups in total. The van der Waals surface area contributed by atoms with E-state index >= 15 is 0 Å². The maximum Gasteiger partial charge on any atom is 0.408 e. The van der Waals surface area contributed by atoms with Crippen molar-refractivity contribution in [2.75, 3.05) is 20.7 Å². The van der Waals surface area contributed by atoms with Crippen molar-refractivity contribution < 1.29 is 38.1 Å². The highest BCUT2D eigenvalue weighted by atomic mass is 16.6. The summed E-state index contributed by atoms with van der Waals surface area (Å²) in [6.07, 6.45) is 3.53. The van der Waals surface area contributed by atoms with Crippen LogP contribution in [0.3, 0.4) is 0 Å². The molecular weight excluding hydrogens is 552 g/mol. The van der Waals surface area contributed by atoms with Gasteiger partial charge in [0, 0.05) is 24.9 Å². The quantitative estimate of drug-likeness (QED) is 0.265. The molecule has 1 spiro atoms. The van der Waals surface area contributed by atoms with E-state index in [-0.39, 0.29) is 24.4 Å². The fourth-order valence-corrected chi connectivity index (χ4v) is 6.02. The lowest BCUT2D eigenvalue weighted by atomic mass is 9.69. The van der Waals surface area contributed by atoms with Crippen LogP contribution in [0.4, 0.5) is 4.79 Å². The Bertz CT molecular complexity index is 1390. The third-order valence-corrected chi connectivity index (χ3v) is 7.99. The molecule has 0 aromatic heterocycles. The summed E-state index contributed by atoms with van der Waals surface area (Å²) < 4.78 is 28.8. The Hall–Kier alpha value is -4.05. The van der Waals surface area contributed by atoms with Gasteiger partial charge < -0.3 is 33.9 Å². The van der Waals surface area contributed by atoms with Crippen molar-refractivity contribution in [1.82, 2.24) is 10.2 Å². The molecule has 2 aromatic rings. The minimum Gasteiger partial charge on any atom is -0.493 e. The molecule has 5 rings (SSSR count). The Labute approximate surface area is 252 Å². The Morgan fingerprint density at radius 2 is 1.91 bits per heavy atom. The first kappa shape index (κ1) is 30.4. The number of carbonyl (C=O) groups excluding carboxylic acids is 3. The summed E-state index contributed by atoms with van der Waals surface area (Å²) in [5.74, 6) is 0.629. The Kier molecular flexibility index (Phi) is 8.69. The van der Waals surface area contributed by atoms with Gasteiger partial charge in [-0.1, -0.05) is 30.3 Å². The second-order valence-electron chi connectivity index (χ2n) is 12.4. The van der Waals surface area contributed by atoms with Crippen LogP contribution in [0.2, 0.25) is 0 Å². The van der Waals surface area contributed by atoms with Crippen LogP contribution in [0.5, 0.6) is 17.2 Å². The molecule has 2 heterocycles. The zero-order chi connectivity index (χ0) is 30.8. The van der Waals surface area contributed by atoms with Gasteiger partial charge in [-0.2, -0.15) is 0 Å². The average molecular weight is 593 g/mol. The number of carbonyl (C=O) groups is 3. The second-order valence-corrected chi connectivity index (χ2v) is 12.4. The highest BCUT2D eigenvalue weighted by Crippen LogP contribution is 2.55. The summed E-state index contributed by atoms with van der Waals surface area (Å²) >= 11 is 0. The van der Waals surface area contributed by atoms with Crippen molar-refractivity contribution in [3.05, 3.63) is 65.7 Å². The Balaban J connectivity index is 1.30. The van der Waals surface area contributed by atoms with Gasteiger partial charge in [-0.25, -0.2) is 9.59 Å². The second kappa shape index (κ2) is 12.3. The highest BCUT2D eigenvalue weighted by Gasteiger charge is 2.53. The van der Waals surface area contributed by atoms with Crippen molar-refractivity contribution in [3.63, 3.8) is 0 Å². The number of ether oxygens (including phenoxy) is 5. The van der Waals surface area contributed by atoms with E-state index in [0.717, 1.165) is 30.8 Å².